The summed E-state index contributed by atoms with van der Waals surface area (Å²) in [7, 11) is 0. The molecule has 2 fully saturated rings. The SMILES string of the molecule is CC(C(=O)O)C1CN(C(=O)NCCCC2CCCC2)C1. The van der Waals surface area contributed by atoms with Crippen LogP contribution in [0.3, 0.4) is 0 Å². The van der Waals surface area contributed by atoms with Crippen molar-refractivity contribution in [3.8, 4) is 0 Å². The van der Waals surface area contributed by atoms with Crippen LogP contribution in [-0.4, -0.2) is 41.6 Å². The minimum absolute atomic E-state index is 0.0368. The van der Waals surface area contributed by atoms with Gasteiger partial charge in [0.25, 0.3) is 0 Å². The molecule has 1 unspecified atom stereocenters. The third-order valence-electron chi connectivity index (χ3n) is 4.83. The molecular formula is C15H26N2O3. The molecule has 1 saturated carbocycles. The molecule has 0 radical (unpaired) electrons. The molecule has 1 saturated heterocycles. The van der Waals surface area contributed by atoms with Crippen LogP contribution in [-0.2, 0) is 4.79 Å². The summed E-state index contributed by atoms with van der Waals surface area (Å²) in [5, 5.41) is 11.8. The normalized spacial score (nSPS) is 21.6. The zero-order valence-corrected chi connectivity index (χ0v) is 12.3. The van der Waals surface area contributed by atoms with Gasteiger partial charge in [0.1, 0.15) is 0 Å². The van der Waals surface area contributed by atoms with Gasteiger partial charge in [0.15, 0.2) is 0 Å². The number of carbonyl (C=O) groups is 2. The molecule has 20 heavy (non-hydrogen) atoms. The average Bonchev–Trinajstić information content (AvgIpc) is 2.85. The number of hydrogen-bond donors (Lipinski definition) is 2. The first kappa shape index (κ1) is 15.1. The summed E-state index contributed by atoms with van der Waals surface area (Å²) in [5.41, 5.74) is 0. The highest BCUT2D eigenvalue weighted by Gasteiger charge is 2.36. The van der Waals surface area contributed by atoms with Crippen molar-refractivity contribution in [1.82, 2.24) is 10.2 Å². The van der Waals surface area contributed by atoms with Crippen LogP contribution in [0.5, 0.6) is 0 Å². The van der Waals surface area contributed by atoms with Crippen LogP contribution in [0.25, 0.3) is 0 Å². The van der Waals surface area contributed by atoms with Gasteiger partial charge in [-0.05, 0) is 18.8 Å². The molecule has 2 amide bonds. The van der Waals surface area contributed by atoms with E-state index in [2.05, 4.69) is 5.32 Å². The van der Waals surface area contributed by atoms with E-state index in [-0.39, 0.29) is 17.9 Å². The molecule has 2 aliphatic rings. The molecule has 0 aromatic heterocycles. The van der Waals surface area contributed by atoms with Crippen molar-refractivity contribution in [2.45, 2.75) is 45.4 Å². The van der Waals surface area contributed by atoms with E-state index in [1.807, 2.05) is 0 Å². The lowest BCUT2D eigenvalue weighted by Crippen LogP contribution is -2.56. The molecule has 1 atom stereocenters. The monoisotopic (exact) mass is 282 g/mol. The van der Waals surface area contributed by atoms with Crippen LogP contribution in [0.1, 0.15) is 45.4 Å². The fraction of sp³-hybridized carbons (Fsp3) is 0.867. The molecule has 0 aromatic rings. The van der Waals surface area contributed by atoms with Crippen LogP contribution >= 0.6 is 0 Å². The smallest absolute Gasteiger partial charge is 0.317 e. The summed E-state index contributed by atoms with van der Waals surface area (Å²) in [5.74, 6) is -0.151. The first-order valence-electron chi connectivity index (χ1n) is 7.83. The first-order valence-corrected chi connectivity index (χ1v) is 7.83. The summed E-state index contributed by atoms with van der Waals surface area (Å²) in [6.07, 6.45) is 7.73. The van der Waals surface area contributed by atoms with Gasteiger partial charge >= 0.3 is 12.0 Å². The Balaban J connectivity index is 1.54. The number of nitrogens with one attached hydrogen (secondary N) is 1. The predicted molar refractivity (Wildman–Crippen MR) is 76.5 cm³/mol. The average molecular weight is 282 g/mol. The molecule has 5 nitrogen and oxygen atoms in total. The van der Waals surface area contributed by atoms with Crippen molar-refractivity contribution in [1.29, 1.82) is 0 Å². The predicted octanol–water partition coefficient (Wildman–Crippen LogP) is 2.32. The molecule has 0 bridgehead atoms. The number of carboxylic acid groups (broad SMARTS) is 1. The highest BCUT2D eigenvalue weighted by molar-refractivity contribution is 5.76. The topological polar surface area (TPSA) is 69.6 Å². The fourth-order valence-electron chi connectivity index (χ4n) is 3.19. The molecule has 1 aliphatic heterocycles. The van der Waals surface area contributed by atoms with E-state index in [0.29, 0.717) is 13.1 Å². The number of urea groups is 1. The second kappa shape index (κ2) is 6.95. The lowest BCUT2D eigenvalue weighted by Gasteiger charge is -2.41. The second-order valence-corrected chi connectivity index (χ2v) is 6.32. The van der Waals surface area contributed by atoms with Crippen LogP contribution < -0.4 is 5.32 Å². The van der Waals surface area contributed by atoms with Gasteiger partial charge in [-0.1, -0.05) is 32.6 Å². The van der Waals surface area contributed by atoms with Gasteiger partial charge in [0.2, 0.25) is 0 Å². The Kier molecular flexibility index (Phi) is 5.26. The maximum Gasteiger partial charge on any atom is 0.317 e. The Labute approximate surface area is 120 Å². The molecule has 5 heteroatoms. The van der Waals surface area contributed by atoms with Gasteiger partial charge in [0, 0.05) is 25.6 Å². The third-order valence-corrected chi connectivity index (χ3v) is 4.83. The van der Waals surface area contributed by atoms with Crippen molar-refractivity contribution in [2.24, 2.45) is 17.8 Å². The van der Waals surface area contributed by atoms with Crippen LogP contribution in [0.2, 0.25) is 0 Å². The molecule has 114 valence electrons. The van der Waals surface area contributed by atoms with E-state index >= 15 is 0 Å². The highest BCUT2D eigenvalue weighted by atomic mass is 16.4. The quantitative estimate of drug-likeness (QED) is 0.735. The number of carboxylic acids is 1. The van der Waals surface area contributed by atoms with Gasteiger partial charge in [0.05, 0.1) is 5.92 Å². The summed E-state index contributed by atoms with van der Waals surface area (Å²) >= 11 is 0. The number of rotatable bonds is 6. The van der Waals surface area contributed by atoms with Crippen LogP contribution in [0, 0.1) is 17.8 Å². The van der Waals surface area contributed by atoms with Crippen molar-refractivity contribution in [2.75, 3.05) is 19.6 Å². The zero-order valence-electron chi connectivity index (χ0n) is 12.3. The van der Waals surface area contributed by atoms with Gasteiger partial charge in [-0.2, -0.15) is 0 Å². The molecule has 1 aliphatic carbocycles. The van der Waals surface area contributed by atoms with Crippen molar-refractivity contribution < 1.29 is 14.7 Å². The van der Waals surface area contributed by atoms with Gasteiger partial charge in [-0.15, -0.1) is 0 Å². The van der Waals surface area contributed by atoms with E-state index in [4.69, 9.17) is 5.11 Å². The minimum atomic E-state index is -0.772. The van der Waals surface area contributed by atoms with E-state index < -0.39 is 5.97 Å². The van der Waals surface area contributed by atoms with Crippen molar-refractivity contribution >= 4 is 12.0 Å². The van der Waals surface area contributed by atoms with Gasteiger partial charge < -0.3 is 15.3 Å². The van der Waals surface area contributed by atoms with E-state index in [9.17, 15) is 9.59 Å². The summed E-state index contributed by atoms with van der Waals surface area (Å²) < 4.78 is 0. The number of hydrogen-bond acceptors (Lipinski definition) is 2. The van der Waals surface area contributed by atoms with Crippen molar-refractivity contribution in [3.05, 3.63) is 0 Å². The molecule has 0 spiro atoms. The zero-order chi connectivity index (χ0) is 14.5. The first-order chi connectivity index (χ1) is 9.58. The van der Waals surface area contributed by atoms with E-state index in [0.717, 1.165) is 18.9 Å². The van der Waals surface area contributed by atoms with E-state index in [1.165, 1.54) is 32.1 Å². The Morgan fingerprint density at radius 2 is 1.95 bits per heavy atom. The minimum Gasteiger partial charge on any atom is -0.481 e. The molecule has 2 N–H and O–H groups in total. The molecule has 2 rings (SSSR count). The molecule has 0 aromatic carbocycles. The Morgan fingerprint density at radius 3 is 2.55 bits per heavy atom. The largest absolute Gasteiger partial charge is 0.481 e. The van der Waals surface area contributed by atoms with Gasteiger partial charge in [-0.25, -0.2) is 4.79 Å². The number of carbonyl (C=O) groups excluding carboxylic acids is 1. The number of likely N-dealkylation sites (tertiary alicyclic amines) is 1. The maximum atomic E-state index is 11.8. The Morgan fingerprint density at radius 1 is 1.30 bits per heavy atom. The number of amides is 2. The molecule has 1 heterocycles. The fourth-order valence-corrected chi connectivity index (χ4v) is 3.19. The third kappa shape index (κ3) is 3.87. The Bertz CT molecular complexity index is 347. The summed E-state index contributed by atoms with van der Waals surface area (Å²) in [4.78, 5) is 24.4. The Hall–Kier alpha value is -1.26. The highest BCUT2D eigenvalue weighted by Crippen LogP contribution is 2.28. The number of nitrogens with zero attached hydrogens (tertiary/aromatic N) is 1. The summed E-state index contributed by atoms with van der Waals surface area (Å²) in [6.45, 7) is 3.60. The van der Waals surface area contributed by atoms with Gasteiger partial charge in [-0.3, -0.25) is 4.79 Å². The lowest BCUT2D eigenvalue weighted by molar-refractivity contribution is -0.144. The van der Waals surface area contributed by atoms with Crippen LogP contribution in [0.4, 0.5) is 4.79 Å². The van der Waals surface area contributed by atoms with E-state index in [1.54, 1.807) is 11.8 Å². The molecular weight excluding hydrogens is 256 g/mol. The lowest BCUT2D eigenvalue weighted by atomic mass is 9.87. The van der Waals surface area contributed by atoms with Crippen molar-refractivity contribution in [3.63, 3.8) is 0 Å². The summed E-state index contributed by atoms with van der Waals surface area (Å²) in [6, 6.07) is -0.0368. The number of aliphatic carboxylic acids is 1. The maximum absolute atomic E-state index is 11.8. The second-order valence-electron chi connectivity index (χ2n) is 6.32. The standard InChI is InChI=1S/C15H26N2O3/c1-11(14(18)19)13-9-17(10-13)15(20)16-8-4-7-12-5-2-3-6-12/h11-13H,2-10H2,1H3,(H,16,20)(H,18,19). The van der Waals surface area contributed by atoms with Crippen LogP contribution in [0.15, 0.2) is 0 Å².